The fourth-order valence-electron chi connectivity index (χ4n) is 2.40. The molecule has 0 spiro atoms. The third-order valence-corrected chi connectivity index (χ3v) is 4.36. The number of rotatable bonds is 4. The van der Waals surface area contributed by atoms with E-state index in [9.17, 15) is 9.59 Å². The Labute approximate surface area is 111 Å². The van der Waals surface area contributed by atoms with Gasteiger partial charge in [0.2, 0.25) is 0 Å². The van der Waals surface area contributed by atoms with Crippen molar-refractivity contribution in [2.24, 2.45) is 5.92 Å². The van der Waals surface area contributed by atoms with E-state index in [2.05, 4.69) is 11.4 Å². The zero-order valence-electron chi connectivity index (χ0n) is 10.8. The number of hydrogen-bond donors (Lipinski definition) is 0. The molecule has 0 radical (unpaired) electrons. The summed E-state index contributed by atoms with van der Waals surface area (Å²) >= 11 is 1.66. The summed E-state index contributed by atoms with van der Waals surface area (Å²) in [5, 5.41) is 4.13. The summed E-state index contributed by atoms with van der Waals surface area (Å²) in [5.74, 6) is -0.208. The molecule has 1 fully saturated rings. The molecule has 1 aliphatic heterocycles. The molecule has 0 aliphatic carbocycles. The van der Waals surface area contributed by atoms with Crippen LogP contribution in [-0.2, 0) is 20.7 Å². The van der Waals surface area contributed by atoms with Gasteiger partial charge in [-0.25, -0.2) is 0 Å². The van der Waals surface area contributed by atoms with E-state index in [0.29, 0.717) is 6.42 Å². The largest absolute Gasteiger partial charge is 0.458 e. The minimum Gasteiger partial charge on any atom is -0.458 e. The lowest BCUT2D eigenvalue weighted by Gasteiger charge is -2.39. The van der Waals surface area contributed by atoms with E-state index < -0.39 is 5.60 Å². The second-order valence-corrected chi connectivity index (χ2v) is 6.00. The fourth-order valence-corrected chi connectivity index (χ4v) is 3.10. The first kappa shape index (κ1) is 13.3. The van der Waals surface area contributed by atoms with Crippen LogP contribution in [0, 0.1) is 5.92 Å². The molecule has 1 aromatic rings. The first-order valence-corrected chi connectivity index (χ1v) is 7.21. The molecule has 4 heteroatoms. The summed E-state index contributed by atoms with van der Waals surface area (Å²) in [6.07, 6.45) is 1.87. The number of ether oxygens (including phenoxy) is 1. The number of aryl methyl sites for hydroxylation is 1. The van der Waals surface area contributed by atoms with Gasteiger partial charge in [-0.3, -0.25) is 9.59 Å². The summed E-state index contributed by atoms with van der Waals surface area (Å²) in [5.41, 5.74) is 0.642. The highest BCUT2D eigenvalue weighted by Crippen LogP contribution is 2.35. The highest BCUT2D eigenvalue weighted by atomic mass is 32.1. The molecule has 1 aliphatic rings. The van der Waals surface area contributed by atoms with Gasteiger partial charge in [0.15, 0.2) is 0 Å². The van der Waals surface area contributed by atoms with Crippen molar-refractivity contribution in [1.82, 2.24) is 0 Å². The minimum absolute atomic E-state index is 0.00488. The van der Waals surface area contributed by atoms with Gasteiger partial charge in [-0.2, -0.15) is 11.3 Å². The third kappa shape index (κ3) is 2.80. The number of carbonyl (C=O) groups is 2. The van der Waals surface area contributed by atoms with E-state index >= 15 is 0 Å². The van der Waals surface area contributed by atoms with Crippen LogP contribution in [0.5, 0.6) is 0 Å². The Morgan fingerprint density at radius 1 is 1.44 bits per heavy atom. The molecule has 0 bridgehead atoms. The van der Waals surface area contributed by atoms with Crippen LogP contribution in [0.15, 0.2) is 16.8 Å². The normalized spacial score (nSPS) is 24.4. The Balaban J connectivity index is 2.11. The molecule has 1 saturated heterocycles. The van der Waals surface area contributed by atoms with Gasteiger partial charge in [0.1, 0.15) is 17.8 Å². The average Bonchev–Trinajstić information content (AvgIpc) is 2.77. The Hall–Kier alpha value is -1.16. The molecule has 2 heterocycles. The van der Waals surface area contributed by atoms with Crippen LogP contribution in [0.1, 0.15) is 38.7 Å². The molecule has 1 atom stereocenters. The van der Waals surface area contributed by atoms with Crippen LogP contribution in [0.3, 0.4) is 0 Å². The highest BCUT2D eigenvalue weighted by molar-refractivity contribution is 7.07. The van der Waals surface area contributed by atoms with Crippen molar-refractivity contribution in [2.45, 2.75) is 45.1 Å². The van der Waals surface area contributed by atoms with E-state index in [-0.39, 0.29) is 24.1 Å². The van der Waals surface area contributed by atoms with E-state index in [4.69, 9.17) is 4.74 Å². The van der Waals surface area contributed by atoms with Crippen molar-refractivity contribution >= 4 is 23.1 Å². The Bertz CT molecular complexity index is 418. The molecule has 3 nitrogen and oxygen atoms in total. The lowest BCUT2D eigenvalue weighted by Crippen LogP contribution is -2.47. The monoisotopic (exact) mass is 266 g/mol. The number of esters is 1. The number of ketones is 1. The zero-order chi connectivity index (χ0) is 13.2. The van der Waals surface area contributed by atoms with Crippen LogP contribution in [0.25, 0.3) is 0 Å². The quantitative estimate of drug-likeness (QED) is 0.621. The molecule has 1 unspecified atom stereocenters. The predicted molar refractivity (Wildman–Crippen MR) is 70.5 cm³/mol. The molecule has 0 aromatic carbocycles. The topological polar surface area (TPSA) is 43.4 Å². The molecule has 1 aromatic heterocycles. The van der Waals surface area contributed by atoms with Crippen LogP contribution in [0.2, 0.25) is 0 Å². The van der Waals surface area contributed by atoms with E-state index in [1.54, 1.807) is 11.3 Å². The van der Waals surface area contributed by atoms with Crippen molar-refractivity contribution in [1.29, 1.82) is 0 Å². The SMILES string of the molecule is CC(C)C1(CCc2ccsc2)CC(=O)CC(=O)O1. The first-order valence-electron chi connectivity index (χ1n) is 6.26. The van der Waals surface area contributed by atoms with Gasteiger partial charge >= 0.3 is 5.97 Å². The fraction of sp³-hybridized carbons (Fsp3) is 0.571. The maximum atomic E-state index is 11.7. The summed E-state index contributed by atoms with van der Waals surface area (Å²) in [6.45, 7) is 4.03. The van der Waals surface area contributed by atoms with E-state index in [0.717, 1.165) is 12.8 Å². The van der Waals surface area contributed by atoms with Crippen LogP contribution in [0.4, 0.5) is 0 Å². The van der Waals surface area contributed by atoms with E-state index in [1.807, 2.05) is 19.2 Å². The lowest BCUT2D eigenvalue weighted by atomic mass is 9.79. The van der Waals surface area contributed by atoms with Crippen molar-refractivity contribution in [3.8, 4) is 0 Å². The van der Waals surface area contributed by atoms with E-state index in [1.165, 1.54) is 5.56 Å². The summed E-state index contributed by atoms with van der Waals surface area (Å²) in [4.78, 5) is 23.2. The van der Waals surface area contributed by atoms with Crippen LogP contribution < -0.4 is 0 Å². The van der Waals surface area contributed by atoms with Gasteiger partial charge in [0.25, 0.3) is 0 Å². The Morgan fingerprint density at radius 2 is 2.22 bits per heavy atom. The van der Waals surface area contributed by atoms with Gasteiger partial charge in [-0.1, -0.05) is 13.8 Å². The second-order valence-electron chi connectivity index (χ2n) is 5.22. The average molecular weight is 266 g/mol. The predicted octanol–water partition coefficient (Wildman–Crippen LogP) is 2.98. The minimum atomic E-state index is -0.603. The van der Waals surface area contributed by atoms with Crippen molar-refractivity contribution in [3.63, 3.8) is 0 Å². The van der Waals surface area contributed by atoms with Crippen molar-refractivity contribution in [3.05, 3.63) is 22.4 Å². The molecule has 0 saturated carbocycles. The highest BCUT2D eigenvalue weighted by Gasteiger charge is 2.43. The van der Waals surface area contributed by atoms with Gasteiger partial charge < -0.3 is 4.74 Å². The van der Waals surface area contributed by atoms with Crippen LogP contribution >= 0.6 is 11.3 Å². The van der Waals surface area contributed by atoms with Gasteiger partial charge in [-0.05, 0) is 41.1 Å². The first-order chi connectivity index (χ1) is 8.52. The third-order valence-electron chi connectivity index (χ3n) is 3.62. The number of hydrogen-bond acceptors (Lipinski definition) is 4. The van der Waals surface area contributed by atoms with Crippen LogP contribution in [-0.4, -0.2) is 17.4 Å². The standard InChI is InChI=1S/C14H18O3S/c1-10(2)14(5-3-11-4-6-18-9-11)8-12(15)7-13(16)17-14/h4,6,9-10H,3,5,7-8H2,1-2H3. The molecule has 98 valence electrons. The van der Waals surface area contributed by atoms with Crippen molar-refractivity contribution < 1.29 is 14.3 Å². The smallest absolute Gasteiger partial charge is 0.313 e. The number of Topliss-reactive ketones (excluding diaryl/α,β-unsaturated/α-hetero) is 1. The summed E-state index contributed by atoms with van der Waals surface area (Å²) in [6, 6.07) is 2.07. The Kier molecular flexibility index (Phi) is 3.85. The molecular weight excluding hydrogens is 248 g/mol. The molecule has 18 heavy (non-hydrogen) atoms. The number of cyclic esters (lactones) is 1. The summed E-state index contributed by atoms with van der Waals surface area (Å²) in [7, 11) is 0. The second kappa shape index (κ2) is 5.22. The van der Waals surface area contributed by atoms with Gasteiger partial charge in [0.05, 0.1) is 0 Å². The molecular formula is C14H18O3S. The summed E-state index contributed by atoms with van der Waals surface area (Å²) < 4.78 is 5.55. The maximum Gasteiger partial charge on any atom is 0.313 e. The Morgan fingerprint density at radius 3 is 2.78 bits per heavy atom. The molecule has 2 rings (SSSR count). The maximum absolute atomic E-state index is 11.7. The lowest BCUT2D eigenvalue weighted by molar-refractivity contribution is -0.177. The molecule has 0 amide bonds. The van der Waals surface area contributed by atoms with Gasteiger partial charge in [0, 0.05) is 6.42 Å². The number of carbonyl (C=O) groups excluding carboxylic acids is 2. The van der Waals surface area contributed by atoms with Crippen molar-refractivity contribution in [2.75, 3.05) is 0 Å². The number of thiophene rings is 1. The van der Waals surface area contributed by atoms with Gasteiger partial charge in [-0.15, -0.1) is 0 Å². The molecule has 0 N–H and O–H groups in total. The zero-order valence-corrected chi connectivity index (χ0v) is 11.6.